The van der Waals surface area contributed by atoms with E-state index in [4.69, 9.17) is 8.83 Å². The molecule has 8 rings (SSSR count). The predicted octanol–water partition coefficient (Wildman–Crippen LogP) is 11.5. The second-order valence-corrected chi connectivity index (χ2v) is 27.6. The quantitative estimate of drug-likeness (QED) is 0.112. The van der Waals surface area contributed by atoms with Crippen LogP contribution in [0.15, 0.2) is 118 Å². The van der Waals surface area contributed by atoms with Gasteiger partial charge in [-0.25, -0.2) is 0 Å². The van der Waals surface area contributed by atoms with Crippen molar-refractivity contribution in [3.8, 4) is 44.9 Å². The van der Waals surface area contributed by atoms with Gasteiger partial charge in [0.15, 0.2) is 0 Å². The van der Waals surface area contributed by atoms with Gasteiger partial charge in [-0.15, -0.1) is 57.9 Å². The summed E-state index contributed by atoms with van der Waals surface area (Å²) < 4.78 is 11.8. The van der Waals surface area contributed by atoms with Crippen LogP contribution in [0.4, 0.5) is 0 Å². The van der Waals surface area contributed by atoms with E-state index in [1.54, 1.807) is 23.3 Å². The molecule has 62 heavy (non-hydrogen) atoms. The Bertz CT molecular complexity index is 2530. The van der Waals surface area contributed by atoms with E-state index in [0.717, 1.165) is 34.2 Å². The van der Waals surface area contributed by atoms with Gasteiger partial charge in [-0.2, -0.15) is 0 Å². The van der Waals surface area contributed by atoms with Crippen molar-refractivity contribution in [2.75, 3.05) is 0 Å². The Morgan fingerprint density at radius 2 is 0.758 bits per heavy atom. The maximum absolute atomic E-state index is 5.88. The fourth-order valence-electron chi connectivity index (χ4n) is 7.99. The number of benzene rings is 4. The Kier molecular flexibility index (Phi) is 17.9. The van der Waals surface area contributed by atoms with Crippen molar-refractivity contribution in [2.45, 2.75) is 120 Å². The molecule has 0 saturated heterocycles. The van der Waals surface area contributed by atoms with E-state index >= 15 is 0 Å². The van der Waals surface area contributed by atoms with E-state index in [2.05, 4.69) is 179 Å². The largest absolute Gasteiger partial charge is 1.00 e. The van der Waals surface area contributed by atoms with Crippen molar-refractivity contribution in [1.29, 1.82) is 0 Å². The Balaban J connectivity index is 0.000000244. The molecule has 2 aromatic heterocycles. The minimum atomic E-state index is 0. The van der Waals surface area contributed by atoms with Crippen molar-refractivity contribution < 1.29 is 57.0 Å². The fraction of sp³-hybridized carbons (Fsp3) is 0.321. The number of fused-ring (bicyclic) bond motifs is 2. The van der Waals surface area contributed by atoms with Gasteiger partial charge in [0.2, 0.25) is 0 Å². The molecule has 2 nitrogen and oxygen atoms in total. The monoisotopic (exact) mass is 956 g/mol. The molecule has 0 aliphatic carbocycles. The summed E-state index contributed by atoms with van der Waals surface area (Å²) in [5.74, 6) is 5.83. The standard InChI is InChI=1S/2C27H29O.C2H6Si.2ClH.Zr/c2*1-16(2)21-12-22(17(3)4)14-24(13-21)27-18(5)7-9-20-11-23(15-25(20)27)26-10-8-19(6)28-26;1-3-2;;;/h2*7-17H,1-6H3;1-2H3;2*1H;/q2*-1;;;;+2/p-2. The molecule has 0 amide bonds. The molecule has 0 atom stereocenters. The molecular formula is C56H64Cl2O2SiZr-2. The van der Waals surface area contributed by atoms with Crippen LogP contribution in [0.1, 0.15) is 124 Å². The van der Waals surface area contributed by atoms with Crippen LogP contribution < -0.4 is 24.8 Å². The molecule has 6 heteroatoms. The molecular weight excluding hydrogens is 895 g/mol. The van der Waals surface area contributed by atoms with Crippen LogP contribution in [0.5, 0.6) is 0 Å². The van der Waals surface area contributed by atoms with Gasteiger partial charge in [0.1, 0.15) is 0 Å². The number of hydrogen-bond acceptors (Lipinski definition) is 2. The van der Waals surface area contributed by atoms with E-state index in [1.807, 2.05) is 26.0 Å². The maximum atomic E-state index is 5.88. The molecule has 0 bridgehead atoms. The van der Waals surface area contributed by atoms with Crippen molar-refractivity contribution in [3.05, 3.63) is 154 Å². The number of aryl methyl sites for hydroxylation is 4. The molecule has 0 radical (unpaired) electrons. The van der Waals surface area contributed by atoms with E-state index < -0.39 is 0 Å². The molecule has 0 spiro atoms. The first-order valence-corrected chi connectivity index (χ1v) is 27.9. The van der Waals surface area contributed by atoms with Crippen LogP contribution >= 0.6 is 0 Å². The van der Waals surface area contributed by atoms with Gasteiger partial charge in [0, 0.05) is 0 Å². The van der Waals surface area contributed by atoms with E-state index in [0.29, 0.717) is 23.7 Å². The molecule has 2 heterocycles. The first kappa shape index (κ1) is 51.0. The zero-order chi connectivity index (χ0) is 43.6. The van der Waals surface area contributed by atoms with Crippen LogP contribution in [0.2, 0.25) is 13.1 Å². The minimum Gasteiger partial charge on any atom is -1.00 e. The summed E-state index contributed by atoms with van der Waals surface area (Å²) in [5.41, 5.74) is 16.1. The molecule has 0 fully saturated rings. The normalized spacial score (nSPS) is 11.2. The van der Waals surface area contributed by atoms with E-state index in [1.165, 1.54) is 77.2 Å². The minimum absolute atomic E-state index is 0. The van der Waals surface area contributed by atoms with E-state index in [-0.39, 0.29) is 30.2 Å². The van der Waals surface area contributed by atoms with Crippen LogP contribution in [-0.2, 0) is 23.3 Å². The third-order valence-corrected chi connectivity index (χ3v) is 11.4. The van der Waals surface area contributed by atoms with Crippen LogP contribution in [-0.4, -0.2) is 5.43 Å². The maximum Gasteiger partial charge on any atom is 0.0896 e. The van der Waals surface area contributed by atoms with Crippen LogP contribution in [0.3, 0.4) is 0 Å². The Morgan fingerprint density at radius 1 is 0.452 bits per heavy atom. The van der Waals surface area contributed by atoms with Crippen molar-refractivity contribution >= 4 is 27.0 Å². The summed E-state index contributed by atoms with van der Waals surface area (Å²) in [6.45, 7) is 31.2. The Labute approximate surface area is 399 Å². The molecule has 324 valence electrons. The molecule has 0 aliphatic rings. The van der Waals surface area contributed by atoms with Gasteiger partial charge in [-0.1, -0.05) is 126 Å². The first-order chi connectivity index (χ1) is 28.4. The van der Waals surface area contributed by atoms with Crippen LogP contribution in [0, 0.1) is 27.7 Å². The van der Waals surface area contributed by atoms with Gasteiger partial charge < -0.3 is 33.6 Å². The number of hydrogen-bond donors (Lipinski definition) is 0. The number of rotatable bonds is 8. The third kappa shape index (κ3) is 11.9. The second-order valence-electron chi connectivity index (χ2n) is 18.2. The van der Waals surface area contributed by atoms with Gasteiger partial charge in [-0.3, -0.25) is 0 Å². The van der Waals surface area contributed by atoms with Gasteiger partial charge in [0.25, 0.3) is 0 Å². The van der Waals surface area contributed by atoms with Gasteiger partial charge in [0.05, 0.1) is 23.0 Å². The third-order valence-electron chi connectivity index (χ3n) is 11.4. The summed E-state index contributed by atoms with van der Waals surface area (Å²) in [6, 6.07) is 40.4. The molecule has 0 N–H and O–H groups in total. The average molecular weight is 959 g/mol. The van der Waals surface area contributed by atoms with Crippen molar-refractivity contribution in [1.82, 2.24) is 0 Å². The zero-order valence-corrected chi connectivity index (χ0v) is 44.2. The van der Waals surface area contributed by atoms with Gasteiger partial charge in [-0.05, 0) is 120 Å². The van der Waals surface area contributed by atoms with Crippen molar-refractivity contribution in [3.63, 3.8) is 0 Å². The van der Waals surface area contributed by atoms with E-state index in [9.17, 15) is 0 Å². The summed E-state index contributed by atoms with van der Waals surface area (Å²) in [6.07, 6.45) is 0. The average Bonchev–Trinajstić information content (AvgIpc) is 4.01. The summed E-state index contributed by atoms with van der Waals surface area (Å²) in [4.78, 5) is 0. The number of furan rings is 2. The first-order valence-electron chi connectivity index (χ1n) is 21.8. The SMILES string of the molecule is C[Si](C)=[Zr+2].Cc1ccc(-c2cc3c(-c4cc(C(C)C)cc(C(C)C)c4)c(C)ccc3[cH-]2)o1.Cc1ccc(-c2cc3c(-c4cc(C(C)C)cc(C(C)C)c4)c(C)ccc3[cH-]2)o1.[Cl-].[Cl-]. The van der Waals surface area contributed by atoms with Crippen LogP contribution in [0.25, 0.3) is 66.4 Å². The number of halogens is 2. The second kappa shape index (κ2) is 21.8. The van der Waals surface area contributed by atoms with Gasteiger partial charge >= 0.3 is 41.9 Å². The molecule has 0 aliphatic heterocycles. The summed E-state index contributed by atoms with van der Waals surface area (Å²) in [7, 11) is 0. The Morgan fingerprint density at radius 3 is 1.02 bits per heavy atom. The smallest absolute Gasteiger partial charge is 0.0896 e. The molecule has 0 saturated carbocycles. The zero-order valence-electron chi connectivity index (χ0n) is 39.3. The summed E-state index contributed by atoms with van der Waals surface area (Å²) in [5, 5.41) is 5.15. The molecule has 6 aromatic carbocycles. The topological polar surface area (TPSA) is 26.3 Å². The Hall–Kier alpha value is -3.66. The summed E-state index contributed by atoms with van der Waals surface area (Å²) >= 11 is 1.74. The fourth-order valence-corrected chi connectivity index (χ4v) is 7.99. The molecule has 0 unspecified atom stereocenters. The molecule has 8 aromatic rings. The van der Waals surface area contributed by atoms with Crippen molar-refractivity contribution in [2.24, 2.45) is 0 Å². The predicted molar refractivity (Wildman–Crippen MR) is 258 cm³/mol.